The van der Waals surface area contributed by atoms with Crippen LogP contribution >= 0.6 is 0 Å². The van der Waals surface area contributed by atoms with Crippen LogP contribution in [0.25, 0.3) is 11.5 Å². The van der Waals surface area contributed by atoms with Crippen LogP contribution in [0.15, 0.2) is 35.4 Å². The summed E-state index contributed by atoms with van der Waals surface area (Å²) in [5.74, 6) is -1.84. The minimum absolute atomic E-state index is 0.00903. The van der Waals surface area contributed by atoms with Crippen molar-refractivity contribution < 1.29 is 27.2 Å². The van der Waals surface area contributed by atoms with Gasteiger partial charge in [0.25, 0.3) is 0 Å². The average Bonchev–Trinajstić information content (AvgIpc) is 3.11. The summed E-state index contributed by atoms with van der Waals surface area (Å²) in [6.45, 7) is 1.87. The molecule has 0 saturated heterocycles. The van der Waals surface area contributed by atoms with E-state index in [2.05, 4.69) is 34.9 Å². The van der Waals surface area contributed by atoms with Crippen molar-refractivity contribution in [1.29, 1.82) is 0 Å². The number of alkyl halides is 3. The van der Waals surface area contributed by atoms with Crippen molar-refractivity contribution >= 4 is 11.9 Å². The highest BCUT2D eigenvalue weighted by Gasteiger charge is 2.38. The lowest BCUT2D eigenvalue weighted by molar-refractivity contribution is -0.159. The van der Waals surface area contributed by atoms with Gasteiger partial charge in [-0.1, -0.05) is 5.16 Å². The quantitative estimate of drug-likeness (QED) is 0.734. The van der Waals surface area contributed by atoms with Gasteiger partial charge in [0.05, 0.1) is 12.4 Å². The lowest BCUT2D eigenvalue weighted by Crippen LogP contribution is -2.14. The van der Waals surface area contributed by atoms with E-state index in [0.29, 0.717) is 5.56 Å². The van der Waals surface area contributed by atoms with Crippen molar-refractivity contribution in [2.75, 3.05) is 5.32 Å². The second kappa shape index (κ2) is 7.35. The molecule has 0 aromatic carbocycles. The summed E-state index contributed by atoms with van der Waals surface area (Å²) < 4.78 is 46.5. The highest BCUT2D eigenvalue weighted by molar-refractivity contribution is 5.83. The number of hydrogen-bond acceptors (Lipinski definition) is 8. The molecule has 0 radical (unpaired) electrons. The predicted octanol–water partition coefficient (Wildman–Crippen LogP) is 3.00. The van der Waals surface area contributed by atoms with Gasteiger partial charge in [-0.25, -0.2) is 14.8 Å². The molecule has 0 fully saturated rings. The van der Waals surface area contributed by atoms with Crippen molar-refractivity contribution in [3.8, 4) is 11.5 Å². The van der Waals surface area contributed by atoms with Crippen LogP contribution in [-0.4, -0.2) is 31.2 Å². The van der Waals surface area contributed by atoms with Crippen molar-refractivity contribution in [3.63, 3.8) is 0 Å². The SMILES string of the molecule is Cc1cncc(COC(=O)Nc2cnc(-c3noc(C(F)(F)F)n3)cn2)c1. The zero-order valence-corrected chi connectivity index (χ0v) is 13.7. The first-order chi connectivity index (χ1) is 12.8. The Labute approximate surface area is 149 Å². The van der Waals surface area contributed by atoms with Gasteiger partial charge in [0, 0.05) is 18.0 Å². The van der Waals surface area contributed by atoms with E-state index in [4.69, 9.17) is 4.74 Å². The molecule has 0 saturated carbocycles. The molecule has 0 unspecified atom stereocenters. The molecule has 3 heterocycles. The third kappa shape index (κ3) is 4.74. The zero-order valence-electron chi connectivity index (χ0n) is 13.7. The number of hydrogen-bond donors (Lipinski definition) is 1. The molecule has 140 valence electrons. The highest BCUT2D eigenvalue weighted by atomic mass is 19.4. The van der Waals surface area contributed by atoms with E-state index in [1.54, 1.807) is 12.4 Å². The molecule has 0 bridgehead atoms. The fraction of sp³-hybridized carbons (Fsp3) is 0.200. The number of aromatic nitrogens is 5. The normalized spacial score (nSPS) is 11.3. The lowest BCUT2D eigenvalue weighted by Gasteiger charge is -2.06. The Bertz CT molecular complexity index is 942. The maximum Gasteiger partial charge on any atom is 0.471 e. The minimum Gasteiger partial charge on any atom is -0.444 e. The fourth-order valence-electron chi connectivity index (χ4n) is 1.94. The number of ether oxygens (including phenoxy) is 1. The zero-order chi connectivity index (χ0) is 19.4. The van der Waals surface area contributed by atoms with Crippen molar-refractivity contribution in [3.05, 3.63) is 47.9 Å². The molecule has 0 aliphatic carbocycles. The van der Waals surface area contributed by atoms with E-state index in [1.165, 1.54) is 0 Å². The number of halogens is 3. The third-order valence-electron chi connectivity index (χ3n) is 3.08. The van der Waals surface area contributed by atoms with Crippen LogP contribution in [0.5, 0.6) is 0 Å². The Morgan fingerprint density at radius 2 is 2.04 bits per heavy atom. The molecular formula is C15H11F3N6O3. The highest BCUT2D eigenvalue weighted by Crippen LogP contribution is 2.28. The monoisotopic (exact) mass is 380 g/mol. The van der Waals surface area contributed by atoms with E-state index in [1.807, 2.05) is 13.0 Å². The van der Waals surface area contributed by atoms with E-state index in [0.717, 1.165) is 18.0 Å². The number of amides is 1. The summed E-state index contributed by atoms with van der Waals surface area (Å²) in [7, 11) is 0. The van der Waals surface area contributed by atoms with Crippen LogP contribution in [0.4, 0.5) is 23.8 Å². The molecule has 3 aromatic rings. The number of pyridine rings is 1. The Balaban J connectivity index is 1.58. The summed E-state index contributed by atoms with van der Waals surface area (Å²) in [5.41, 5.74) is 1.58. The lowest BCUT2D eigenvalue weighted by atomic mass is 10.2. The summed E-state index contributed by atoms with van der Waals surface area (Å²) in [4.78, 5) is 26.6. The van der Waals surface area contributed by atoms with Crippen LogP contribution in [0.2, 0.25) is 0 Å². The van der Waals surface area contributed by atoms with Crippen molar-refractivity contribution in [2.45, 2.75) is 19.7 Å². The summed E-state index contributed by atoms with van der Waals surface area (Å²) in [5, 5.41) is 5.52. The number of anilines is 1. The molecule has 0 spiro atoms. The van der Waals surface area contributed by atoms with Gasteiger partial charge in [-0.15, -0.1) is 0 Å². The average molecular weight is 380 g/mol. The largest absolute Gasteiger partial charge is 0.471 e. The number of nitrogens with zero attached hydrogens (tertiary/aromatic N) is 5. The summed E-state index contributed by atoms with van der Waals surface area (Å²) >= 11 is 0. The molecule has 12 heteroatoms. The number of nitrogens with one attached hydrogen (secondary N) is 1. The molecule has 3 aromatic heterocycles. The first kappa shape index (κ1) is 18.2. The molecule has 1 amide bonds. The van der Waals surface area contributed by atoms with E-state index in [-0.39, 0.29) is 23.9 Å². The maximum absolute atomic E-state index is 12.4. The van der Waals surface area contributed by atoms with E-state index >= 15 is 0 Å². The van der Waals surface area contributed by atoms with Crippen molar-refractivity contribution in [1.82, 2.24) is 25.1 Å². The fourth-order valence-corrected chi connectivity index (χ4v) is 1.94. The van der Waals surface area contributed by atoms with Crippen molar-refractivity contribution in [2.24, 2.45) is 0 Å². The number of rotatable bonds is 4. The molecule has 0 aliphatic rings. The number of carbonyl (C=O) groups is 1. The van der Waals surface area contributed by atoms with Gasteiger partial charge in [-0.05, 0) is 18.6 Å². The summed E-state index contributed by atoms with van der Waals surface area (Å²) in [6, 6.07) is 1.81. The van der Waals surface area contributed by atoms with Crippen LogP contribution in [0.1, 0.15) is 17.0 Å². The molecule has 9 nitrogen and oxygen atoms in total. The molecular weight excluding hydrogens is 369 g/mol. The van der Waals surface area contributed by atoms with Crippen LogP contribution in [0, 0.1) is 6.92 Å². The minimum atomic E-state index is -4.75. The summed E-state index contributed by atoms with van der Waals surface area (Å²) in [6.07, 6.45) is -0.0922. The van der Waals surface area contributed by atoms with Gasteiger partial charge in [-0.3, -0.25) is 10.3 Å². The van der Waals surface area contributed by atoms with Crippen LogP contribution in [-0.2, 0) is 17.5 Å². The van der Waals surface area contributed by atoms with E-state index in [9.17, 15) is 18.0 Å². The first-order valence-corrected chi connectivity index (χ1v) is 7.39. The van der Waals surface area contributed by atoms with Gasteiger partial charge in [0.2, 0.25) is 5.82 Å². The Kier molecular flexibility index (Phi) is 4.96. The Morgan fingerprint density at radius 1 is 1.22 bits per heavy atom. The standard InChI is InChI=1S/C15H11F3N6O3/c1-8-2-9(4-19-3-8)7-26-14(25)22-11-6-20-10(5-21-11)12-23-13(27-24-12)15(16,17)18/h2-6H,7H2,1H3,(H,21,22,25). The number of aryl methyl sites for hydroxylation is 1. The van der Waals surface area contributed by atoms with Gasteiger partial charge in [0.1, 0.15) is 12.3 Å². The van der Waals surface area contributed by atoms with Gasteiger partial charge in [-0.2, -0.15) is 18.2 Å². The Morgan fingerprint density at radius 3 is 2.67 bits per heavy atom. The predicted molar refractivity (Wildman–Crippen MR) is 83.1 cm³/mol. The second-order valence-electron chi connectivity index (χ2n) is 5.28. The number of carbonyl (C=O) groups excluding carboxylic acids is 1. The maximum atomic E-state index is 12.4. The topological polar surface area (TPSA) is 116 Å². The molecule has 0 aliphatic heterocycles. The van der Waals surface area contributed by atoms with E-state index < -0.39 is 18.2 Å². The molecule has 27 heavy (non-hydrogen) atoms. The van der Waals surface area contributed by atoms with Gasteiger partial charge >= 0.3 is 18.2 Å². The molecule has 3 rings (SSSR count). The molecule has 0 atom stereocenters. The van der Waals surface area contributed by atoms with Crippen LogP contribution < -0.4 is 5.32 Å². The Hall–Kier alpha value is -3.57. The van der Waals surface area contributed by atoms with Gasteiger partial charge in [0.15, 0.2) is 5.82 Å². The second-order valence-corrected chi connectivity index (χ2v) is 5.28. The smallest absolute Gasteiger partial charge is 0.444 e. The third-order valence-corrected chi connectivity index (χ3v) is 3.08. The van der Waals surface area contributed by atoms with Gasteiger partial charge < -0.3 is 9.26 Å². The van der Waals surface area contributed by atoms with Crippen LogP contribution in [0.3, 0.4) is 0 Å². The molecule has 1 N–H and O–H groups in total. The first-order valence-electron chi connectivity index (χ1n) is 7.39.